The first kappa shape index (κ1) is 16.5. The molecule has 0 aliphatic carbocycles. The highest BCUT2D eigenvalue weighted by atomic mass is 16.5. The molecule has 122 valence electrons. The van der Waals surface area contributed by atoms with Gasteiger partial charge in [-0.3, -0.25) is 4.79 Å². The number of benzene rings is 1. The predicted octanol–water partition coefficient (Wildman–Crippen LogP) is 2.98. The average Bonchev–Trinajstić information content (AvgIpc) is 2.42. The molecule has 0 bridgehead atoms. The van der Waals surface area contributed by atoms with E-state index in [1.54, 1.807) is 0 Å². The van der Waals surface area contributed by atoms with Crippen molar-refractivity contribution >= 4 is 17.3 Å². The molecule has 5 nitrogen and oxygen atoms in total. The first-order valence-corrected chi connectivity index (χ1v) is 7.91. The van der Waals surface area contributed by atoms with Crippen molar-refractivity contribution in [2.24, 2.45) is 0 Å². The van der Waals surface area contributed by atoms with Crippen LogP contribution >= 0.6 is 0 Å². The van der Waals surface area contributed by atoms with Crippen molar-refractivity contribution in [1.82, 2.24) is 0 Å². The molecule has 1 aliphatic rings. The van der Waals surface area contributed by atoms with E-state index < -0.39 is 0 Å². The summed E-state index contributed by atoms with van der Waals surface area (Å²) in [6.45, 7) is 7.39. The van der Waals surface area contributed by atoms with Gasteiger partial charge in [-0.15, -0.1) is 0 Å². The number of nitrogens with two attached hydrogens (primary N) is 1. The molecular weight excluding hydrogens is 280 g/mol. The molecular formula is C17H26N2O3. The van der Waals surface area contributed by atoms with Crippen LogP contribution in [0, 0.1) is 0 Å². The van der Waals surface area contributed by atoms with E-state index >= 15 is 0 Å². The van der Waals surface area contributed by atoms with Crippen LogP contribution < -0.4 is 15.4 Å². The van der Waals surface area contributed by atoms with Crippen LogP contribution in [0.15, 0.2) is 18.2 Å². The van der Waals surface area contributed by atoms with E-state index in [1.165, 1.54) is 0 Å². The maximum Gasteiger partial charge on any atom is 0.325 e. The van der Waals surface area contributed by atoms with Gasteiger partial charge in [0.1, 0.15) is 23.6 Å². The predicted molar refractivity (Wildman–Crippen MR) is 88.3 cm³/mol. The van der Waals surface area contributed by atoms with Gasteiger partial charge in [-0.2, -0.15) is 0 Å². The number of esters is 1. The summed E-state index contributed by atoms with van der Waals surface area (Å²) in [5.74, 6) is 0.498. The zero-order valence-corrected chi connectivity index (χ0v) is 13.7. The third kappa shape index (κ3) is 4.06. The summed E-state index contributed by atoms with van der Waals surface area (Å²) in [5.41, 5.74) is 7.09. The molecule has 0 saturated carbocycles. The summed E-state index contributed by atoms with van der Waals surface area (Å²) in [6.07, 6.45) is 3.10. The maximum absolute atomic E-state index is 12.1. The molecule has 0 fully saturated rings. The van der Waals surface area contributed by atoms with Crippen LogP contribution in [-0.4, -0.2) is 31.3 Å². The van der Waals surface area contributed by atoms with Crippen LogP contribution in [0.3, 0.4) is 0 Å². The monoisotopic (exact) mass is 306 g/mol. The van der Waals surface area contributed by atoms with Gasteiger partial charge >= 0.3 is 5.97 Å². The number of hydrogen-bond donors (Lipinski definition) is 1. The summed E-state index contributed by atoms with van der Waals surface area (Å²) < 4.78 is 11.3. The molecule has 0 aromatic heterocycles. The number of unbranched alkanes of at least 4 members (excludes halogenated alkanes) is 2. The Morgan fingerprint density at radius 1 is 1.41 bits per heavy atom. The molecule has 0 radical (unpaired) electrons. The number of para-hydroxylation sites is 1. The molecule has 1 heterocycles. The lowest BCUT2D eigenvalue weighted by atomic mass is 10.0. The highest BCUT2D eigenvalue weighted by Gasteiger charge is 2.33. The van der Waals surface area contributed by atoms with Gasteiger partial charge in [0.05, 0.1) is 18.8 Å². The van der Waals surface area contributed by atoms with Crippen molar-refractivity contribution in [2.75, 3.05) is 30.3 Å². The van der Waals surface area contributed by atoms with Crippen LogP contribution in [0.2, 0.25) is 0 Å². The first-order chi connectivity index (χ1) is 10.4. The van der Waals surface area contributed by atoms with Crippen LogP contribution in [0.25, 0.3) is 0 Å². The van der Waals surface area contributed by atoms with Gasteiger partial charge in [0.25, 0.3) is 0 Å². The first-order valence-electron chi connectivity index (χ1n) is 7.91. The second-order valence-corrected chi connectivity index (χ2v) is 6.34. The number of anilines is 2. The fourth-order valence-electron chi connectivity index (χ4n) is 2.70. The van der Waals surface area contributed by atoms with Crippen LogP contribution in [0.4, 0.5) is 11.4 Å². The Balaban J connectivity index is 2.06. The van der Waals surface area contributed by atoms with Gasteiger partial charge in [0.15, 0.2) is 0 Å². The quantitative estimate of drug-likeness (QED) is 0.497. The van der Waals surface area contributed by atoms with Gasteiger partial charge in [0, 0.05) is 0 Å². The van der Waals surface area contributed by atoms with Crippen molar-refractivity contribution in [3.63, 3.8) is 0 Å². The standard InChI is InChI=1S/C17H26N2O3/c1-4-5-6-10-21-15(20)11-19-12-17(2,3)22-14-9-7-8-13(18)16(14)19/h7-9H,4-6,10-12,18H2,1-3H3. The van der Waals surface area contributed by atoms with Crippen molar-refractivity contribution in [1.29, 1.82) is 0 Å². The number of nitrogen functional groups attached to an aromatic ring is 1. The van der Waals surface area contributed by atoms with E-state index in [-0.39, 0.29) is 18.1 Å². The Morgan fingerprint density at radius 3 is 2.91 bits per heavy atom. The highest BCUT2D eigenvalue weighted by molar-refractivity contribution is 5.82. The third-order valence-corrected chi connectivity index (χ3v) is 3.64. The van der Waals surface area contributed by atoms with E-state index in [9.17, 15) is 4.79 Å². The minimum atomic E-state index is -0.372. The summed E-state index contributed by atoms with van der Waals surface area (Å²) >= 11 is 0. The lowest BCUT2D eigenvalue weighted by Gasteiger charge is -2.40. The van der Waals surface area contributed by atoms with E-state index in [0.717, 1.165) is 30.7 Å². The topological polar surface area (TPSA) is 64.8 Å². The SMILES string of the molecule is CCCCCOC(=O)CN1CC(C)(C)Oc2cccc(N)c21. The minimum Gasteiger partial charge on any atom is -0.484 e. The van der Waals surface area contributed by atoms with Crippen molar-refractivity contribution in [2.45, 2.75) is 45.6 Å². The largest absolute Gasteiger partial charge is 0.484 e. The van der Waals surface area contributed by atoms with Crippen LogP contribution in [-0.2, 0) is 9.53 Å². The normalized spacial score (nSPS) is 15.9. The lowest BCUT2D eigenvalue weighted by molar-refractivity contribution is -0.142. The van der Waals surface area contributed by atoms with Gasteiger partial charge < -0.3 is 20.1 Å². The Morgan fingerprint density at radius 2 is 2.18 bits per heavy atom. The smallest absolute Gasteiger partial charge is 0.325 e. The fourth-order valence-corrected chi connectivity index (χ4v) is 2.70. The second-order valence-electron chi connectivity index (χ2n) is 6.34. The van der Waals surface area contributed by atoms with Crippen LogP contribution in [0.1, 0.15) is 40.0 Å². The summed E-state index contributed by atoms with van der Waals surface area (Å²) in [5, 5.41) is 0. The molecule has 0 saturated heterocycles. The van der Waals surface area contributed by atoms with Crippen molar-refractivity contribution < 1.29 is 14.3 Å². The van der Waals surface area contributed by atoms with Gasteiger partial charge in [-0.05, 0) is 32.4 Å². The molecule has 1 aromatic carbocycles. The summed E-state index contributed by atoms with van der Waals surface area (Å²) in [6, 6.07) is 5.56. The molecule has 1 aromatic rings. The van der Waals surface area contributed by atoms with E-state index in [4.69, 9.17) is 15.2 Å². The van der Waals surface area contributed by atoms with Gasteiger partial charge in [-0.25, -0.2) is 0 Å². The molecule has 0 spiro atoms. The van der Waals surface area contributed by atoms with Crippen molar-refractivity contribution in [3.05, 3.63) is 18.2 Å². The Hall–Kier alpha value is -1.91. The van der Waals surface area contributed by atoms with Gasteiger partial charge in [-0.1, -0.05) is 25.8 Å². The number of ether oxygens (including phenoxy) is 2. The number of carbonyl (C=O) groups is 1. The molecule has 0 unspecified atom stereocenters. The molecule has 0 amide bonds. The Labute approximate surface area is 132 Å². The van der Waals surface area contributed by atoms with Gasteiger partial charge in [0.2, 0.25) is 0 Å². The number of hydrogen-bond acceptors (Lipinski definition) is 5. The zero-order valence-electron chi connectivity index (χ0n) is 13.7. The van der Waals surface area contributed by atoms with Crippen molar-refractivity contribution in [3.8, 4) is 5.75 Å². The molecule has 5 heteroatoms. The molecule has 2 rings (SSSR count). The Kier molecular flexibility index (Phi) is 5.16. The zero-order chi connectivity index (χ0) is 16.2. The Bertz CT molecular complexity index is 529. The number of nitrogens with zero attached hydrogens (tertiary/aromatic N) is 1. The number of rotatable bonds is 6. The second kappa shape index (κ2) is 6.90. The molecule has 2 N–H and O–H groups in total. The van der Waals surface area contributed by atoms with E-state index in [1.807, 2.05) is 36.9 Å². The molecule has 0 atom stereocenters. The average molecular weight is 306 g/mol. The minimum absolute atomic E-state index is 0.195. The third-order valence-electron chi connectivity index (χ3n) is 3.64. The highest BCUT2D eigenvalue weighted by Crippen LogP contribution is 2.40. The summed E-state index contributed by atoms with van der Waals surface area (Å²) in [7, 11) is 0. The van der Waals surface area contributed by atoms with Crippen LogP contribution in [0.5, 0.6) is 5.75 Å². The number of fused-ring (bicyclic) bond motifs is 1. The van der Waals surface area contributed by atoms with E-state index in [2.05, 4.69) is 6.92 Å². The maximum atomic E-state index is 12.1. The fraction of sp³-hybridized carbons (Fsp3) is 0.588. The molecule has 22 heavy (non-hydrogen) atoms. The lowest BCUT2D eigenvalue weighted by Crippen LogP contribution is -2.49. The van der Waals surface area contributed by atoms with E-state index in [0.29, 0.717) is 18.8 Å². The molecule has 1 aliphatic heterocycles. The number of carbonyl (C=O) groups excluding carboxylic acids is 1. The summed E-state index contributed by atoms with van der Waals surface area (Å²) in [4.78, 5) is 14.0.